The Labute approximate surface area is 167 Å². The van der Waals surface area contributed by atoms with Crippen molar-refractivity contribution in [1.29, 1.82) is 5.26 Å². The van der Waals surface area contributed by atoms with Crippen LogP contribution in [0, 0.1) is 25.2 Å². The summed E-state index contributed by atoms with van der Waals surface area (Å²) in [6.45, 7) is 3.30. The zero-order valence-corrected chi connectivity index (χ0v) is 15.8. The first kappa shape index (κ1) is 20.2. The number of aryl methyl sites for hydroxylation is 2. The number of anilines is 1. The molecule has 0 aliphatic carbocycles. The molecular weight excluding hydrogens is 402 g/mol. The third-order valence-corrected chi connectivity index (χ3v) is 4.43. The molecule has 1 aromatic carbocycles. The smallest absolute Gasteiger partial charge is 0.338 e. The van der Waals surface area contributed by atoms with Crippen LogP contribution in [0.2, 0.25) is 0 Å². The molecule has 148 valence electrons. The van der Waals surface area contributed by atoms with E-state index in [1.165, 1.54) is 22.7 Å². The lowest BCUT2D eigenvalue weighted by Crippen LogP contribution is -2.03. The number of aromatic nitrogens is 3. The summed E-state index contributed by atoms with van der Waals surface area (Å²) < 4.78 is 5.58. The molecule has 13 heteroatoms. The first-order valence-corrected chi connectivity index (χ1v) is 8.60. The molecule has 0 saturated heterocycles. The summed E-state index contributed by atoms with van der Waals surface area (Å²) in [6, 6.07) is 6.20. The van der Waals surface area contributed by atoms with Crippen molar-refractivity contribution < 1.29 is 24.5 Å². The monoisotopic (exact) mass is 415 g/mol. The van der Waals surface area contributed by atoms with Crippen LogP contribution < -0.4 is 5.73 Å². The van der Waals surface area contributed by atoms with Gasteiger partial charge in [-0.25, -0.2) is 15.0 Å². The summed E-state index contributed by atoms with van der Waals surface area (Å²) in [7, 11) is 0. The average Bonchev–Trinajstić information content (AvgIpc) is 3.01. The zero-order chi connectivity index (χ0) is 21.1. The number of carboxylic acids is 1. The highest BCUT2D eigenvalue weighted by molar-refractivity contribution is 7.94. The number of fused-ring (bicyclic) bond motifs is 1. The van der Waals surface area contributed by atoms with Crippen molar-refractivity contribution in [2.24, 2.45) is 10.2 Å². The number of nitrogen functional groups attached to an aromatic ring is 1. The van der Waals surface area contributed by atoms with Crippen molar-refractivity contribution >= 4 is 40.9 Å². The minimum Gasteiger partial charge on any atom is -0.478 e. The lowest BCUT2D eigenvalue weighted by Gasteiger charge is -2.06. The van der Waals surface area contributed by atoms with Crippen molar-refractivity contribution in [3.63, 3.8) is 0 Å². The predicted octanol–water partition coefficient (Wildman–Crippen LogP) is 3.34. The molecule has 0 unspecified atom stereocenters. The Hall–Kier alpha value is -3.57. The highest BCUT2D eigenvalue weighted by Gasteiger charge is 2.18. The predicted molar refractivity (Wildman–Crippen MR) is 99.8 cm³/mol. The number of azo groups is 1. The molecule has 29 heavy (non-hydrogen) atoms. The van der Waals surface area contributed by atoms with Crippen LogP contribution in [0.25, 0.3) is 5.65 Å². The Balaban J connectivity index is 2.05. The number of carbonyl (C=O) groups is 1. The Kier molecular flexibility index (Phi) is 5.71. The first-order valence-electron chi connectivity index (χ1n) is 7.86. The van der Waals surface area contributed by atoms with E-state index >= 15 is 0 Å². The van der Waals surface area contributed by atoms with Gasteiger partial charge in [0.1, 0.15) is 23.0 Å². The second kappa shape index (κ2) is 8.20. The highest BCUT2D eigenvalue weighted by atomic mass is 32.2. The molecule has 3 aromatic rings. The average molecular weight is 415 g/mol. The van der Waals surface area contributed by atoms with Gasteiger partial charge in [0.2, 0.25) is 0 Å². The fraction of sp³-hybridized carbons (Fsp3) is 0.125. The van der Waals surface area contributed by atoms with Gasteiger partial charge in [-0.15, -0.1) is 14.6 Å². The van der Waals surface area contributed by atoms with Gasteiger partial charge in [0.05, 0.1) is 29.0 Å². The van der Waals surface area contributed by atoms with E-state index in [1.807, 2.05) is 6.07 Å². The van der Waals surface area contributed by atoms with Gasteiger partial charge in [-0.1, -0.05) is 5.04 Å². The van der Waals surface area contributed by atoms with Crippen LogP contribution in [0.4, 0.5) is 17.2 Å². The summed E-state index contributed by atoms with van der Waals surface area (Å²) in [5, 5.41) is 42.6. The van der Waals surface area contributed by atoms with E-state index in [-0.39, 0.29) is 22.8 Å². The fourth-order valence-corrected chi connectivity index (χ4v) is 2.92. The number of aromatic carboxylic acids is 1. The quantitative estimate of drug-likeness (QED) is 0.234. The summed E-state index contributed by atoms with van der Waals surface area (Å²) in [5.74, 6) is -1.13. The van der Waals surface area contributed by atoms with Gasteiger partial charge in [-0.05, 0) is 32.0 Å². The molecule has 0 bridgehead atoms. The van der Waals surface area contributed by atoms with Gasteiger partial charge in [-0.3, -0.25) is 0 Å². The Morgan fingerprint density at radius 1 is 1.34 bits per heavy atom. The number of carboxylic acid groups (broad SMARTS) is 1. The normalized spacial score (nSPS) is 11.2. The molecule has 4 N–H and O–H groups in total. The molecule has 0 atom stereocenters. The van der Waals surface area contributed by atoms with Crippen molar-refractivity contribution in [3.05, 3.63) is 40.7 Å². The van der Waals surface area contributed by atoms with E-state index in [4.69, 9.17) is 11.0 Å². The van der Waals surface area contributed by atoms with Crippen LogP contribution in [-0.2, 0) is 9.37 Å². The summed E-state index contributed by atoms with van der Waals surface area (Å²) >= 11 is 0.611. The van der Waals surface area contributed by atoms with Crippen molar-refractivity contribution in [2.75, 3.05) is 5.73 Å². The summed E-state index contributed by atoms with van der Waals surface area (Å²) in [6.07, 6.45) is 0. The van der Waals surface area contributed by atoms with Crippen molar-refractivity contribution in [1.82, 2.24) is 14.6 Å². The molecule has 0 amide bonds. The molecule has 0 fully saturated rings. The van der Waals surface area contributed by atoms with E-state index in [0.29, 0.717) is 39.5 Å². The van der Waals surface area contributed by atoms with Crippen LogP contribution >= 0.6 is 12.0 Å². The van der Waals surface area contributed by atoms with Crippen LogP contribution in [-0.4, -0.2) is 30.9 Å². The second-order valence-electron chi connectivity index (χ2n) is 5.65. The van der Waals surface area contributed by atoms with E-state index in [0.717, 1.165) is 0 Å². The van der Waals surface area contributed by atoms with Crippen LogP contribution in [0.3, 0.4) is 0 Å². The maximum absolute atomic E-state index is 11.5. The van der Waals surface area contributed by atoms with Gasteiger partial charge >= 0.3 is 5.97 Å². The number of nitrogens with zero attached hydrogens (tertiary/aromatic N) is 6. The van der Waals surface area contributed by atoms with E-state index in [2.05, 4.69) is 29.7 Å². The second-order valence-corrected chi connectivity index (χ2v) is 6.42. The van der Waals surface area contributed by atoms with Crippen molar-refractivity contribution in [2.45, 2.75) is 18.7 Å². The number of nitrogens with two attached hydrogens (primary N) is 1. The standard InChI is InChI=1S/C16H13N7O5S/c1-7-11(6-17)15-19-8(2)13(14(18)23(15)22-7)21-20-12-4-3-9(29-28-27-26)5-10(12)16(24)25/h3-5,26H,18H2,1-2H3,(H,24,25)/b21-20+. The molecule has 0 saturated carbocycles. The Morgan fingerprint density at radius 3 is 2.76 bits per heavy atom. The lowest BCUT2D eigenvalue weighted by molar-refractivity contribution is -0.432. The van der Waals surface area contributed by atoms with E-state index in [1.54, 1.807) is 13.8 Å². The maximum Gasteiger partial charge on any atom is 0.338 e. The van der Waals surface area contributed by atoms with Gasteiger partial charge in [-0.2, -0.15) is 14.9 Å². The van der Waals surface area contributed by atoms with Gasteiger partial charge in [0, 0.05) is 4.90 Å². The third-order valence-electron chi connectivity index (χ3n) is 3.85. The Morgan fingerprint density at radius 2 is 2.10 bits per heavy atom. The molecule has 2 aromatic heterocycles. The topological polar surface area (TPSA) is 181 Å². The largest absolute Gasteiger partial charge is 0.478 e. The first-order chi connectivity index (χ1) is 13.9. The van der Waals surface area contributed by atoms with Gasteiger partial charge < -0.3 is 10.8 Å². The van der Waals surface area contributed by atoms with Gasteiger partial charge in [0.15, 0.2) is 11.5 Å². The molecule has 0 aliphatic heterocycles. The molecule has 0 radical (unpaired) electrons. The third kappa shape index (κ3) is 3.86. The number of nitriles is 1. The highest BCUT2D eigenvalue weighted by Crippen LogP contribution is 2.32. The fourth-order valence-electron chi connectivity index (χ4n) is 2.52. The van der Waals surface area contributed by atoms with E-state index < -0.39 is 5.97 Å². The summed E-state index contributed by atoms with van der Waals surface area (Å²) in [5.41, 5.74) is 7.68. The minimum atomic E-state index is -1.24. The number of hydrogen-bond acceptors (Lipinski definition) is 11. The summed E-state index contributed by atoms with van der Waals surface area (Å²) in [4.78, 5) is 16.2. The molecule has 0 spiro atoms. The lowest BCUT2D eigenvalue weighted by atomic mass is 10.2. The van der Waals surface area contributed by atoms with Crippen LogP contribution in [0.15, 0.2) is 33.3 Å². The van der Waals surface area contributed by atoms with Gasteiger partial charge in [0.25, 0.3) is 0 Å². The van der Waals surface area contributed by atoms with Crippen LogP contribution in [0.1, 0.15) is 27.3 Å². The molecule has 12 nitrogen and oxygen atoms in total. The maximum atomic E-state index is 11.5. The zero-order valence-electron chi connectivity index (χ0n) is 15.0. The molecule has 2 heterocycles. The molecule has 0 aliphatic rings. The van der Waals surface area contributed by atoms with Crippen molar-refractivity contribution in [3.8, 4) is 6.07 Å². The SMILES string of the molecule is Cc1nc2c(C#N)c(C)nn2c(N)c1/N=N/c1ccc(SOOO)cc1C(=O)O. The number of benzene rings is 1. The minimum absolute atomic E-state index is 0.0556. The molecular formula is C16H13N7O5S. The van der Waals surface area contributed by atoms with Crippen LogP contribution in [0.5, 0.6) is 0 Å². The number of hydrogen-bond donors (Lipinski definition) is 3. The Bertz CT molecular complexity index is 1180. The molecule has 3 rings (SSSR count). The number of rotatable bonds is 6. The van der Waals surface area contributed by atoms with E-state index in [9.17, 15) is 15.2 Å².